The van der Waals surface area contributed by atoms with E-state index in [1.807, 2.05) is 30.3 Å². The summed E-state index contributed by atoms with van der Waals surface area (Å²) in [4.78, 5) is 0. The van der Waals surface area contributed by atoms with E-state index in [1.54, 1.807) is 6.07 Å². The first kappa shape index (κ1) is 20.1. The van der Waals surface area contributed by atoms with Crippen molar-refractivity contribution in [3.8, 4) is 17.2 Å². The number of hydrogen-bond donors (Lipinski definition) is 1. The first-order chi connectivity index (χ1) is 14.6. The molecule has 0 atom stereocenters. The maximum atomic E-state index is 14.1. The molecule has 152 valence electrons. The highest BCUT2D eigenvalue weighted by Crippen LogP contribution is 2.33. The van der Waals surface area contributed by atoms with E-state index in [0.29, 0.717) is 11.1 Å². The van der Waals surface area contributed by atoms with E-state index in [9.17, 15) is 8.78 Å². The molecule has 0 bridgehead atoms. The molecular formula is C25H22F2N2O. The molecule has 0 aliphatic rings. The maximum Gasteiger partial charge on any atom is 0.144 e. The van der Waals surface area contributed by atoms with Gasteiger partial charge in [-0.1, -0.05) is 37.1 Å². The molecule has 5 heteroatoms. The van der Waals surface area contributed by atoms with Gasteiger partial charge in [-0.3, -0.25) is 0 Å². The van der Waals surface area contributed by atoms with Gasteiger partial charge in [-0.25, -0.2) is 8.78 Å². The van der Waals surface area contributed by atoms with E-state index in [2.05, 4.69) is 16.7 Å². The zero-order valence-electron chi connectivity index (χ0n) is 16.5. The highest BCUT2D eigenvalue weighted by atomic mass is 19.1. The van der Waals surface area contributed by atoms with Gasteiger partial charge in [0, 0.05) is 35.0 Å². The Kier molecular flexibility index (Phi) is 5.78. The monoisotopic (exact) mass is 404 g/mol. The van der Waals surface area contributed by atoms with Crippen LogP contribution >= 0.6 is 0 Å². The number of hydrogen-bond acceptors (Lipinski definition) is 2. The summed E-state index contributed by atoms with van der Waals surface area (Å²) < 4.78 is 30.5. The Morgan fingerprint density at radius 1 is 0.800 bits per heavy atom. The van der Waals surface area contributed by atoms with E-state index in [4.69, 9.17) is 10.4 Å². The molecule has 3 nitrogen and oxygen atoms in total. The van der Waals surface area contributed by atoms with Crippen molar-refractivity contribution in [2.24, 2.45) is 0 Å². The number of nitriles is 1. The number of aryl methyl sites for hydroxylation is 1. The second-order valence-corrected chi connectivity index (χ2v) is 7.47. The zero-order chi connectivity index (χ0) is 21.1. The molecule has 0 spiro atoms. The van der Waals surface area contributed by atoms with Crippen LogP contribution in [0, 0.1) is 23.0 Å². The lowest BCUT2D eigenvalue weighted by Gasteiger charge is -2.08. The molecule has 4 rings (SSSR count). The summed E-state index contributed by atoms with van der Waals surface area (Å²) in [5.74, 6) is -1.70. The van der Waals surface area contributed by atoms with E-state index >= 15 is 0 Å². The Balaban J connectivity index is 1.77. The minimum atomic E-state index is -0.849. The Labute approximate surface area is 173 Å². The number of unbranched alkanes of at least 4 members (excludes halogenated alkanes) is 3. The Morgan fingerprint density at radius 3 is 2.23 bits per heavy atom. The topological polar surface area (TPSA) is 49.0 Å². The Morgan fingerprint density at radius 2 is 1.50 bits per heavy atom. The van der Waals surface area contributed by atoms with Crippen LogP contribution in [0.25, 0.3) is 32.9 Å². The minimum absolute atomic E-state index is 0.231. The van der Waals surface area contributed by atoms with E-state index in [0.717, 1.165) is 54.0 Å². The summed E-state index contributed by atoms with van der Waals surface area (Å²) in [6.45, 7) is 1.10. The van der Waals surface area contributed by atoms with Crippen molar-refractivity contribution >= 4 is 21.8 Å². The van der Waals surface area contributed by atoms with Crippen molar-refractivity contribution in [3.05, 3.63) is 71.8 Å². The summed E-state index contributed by atoms with van der Waals surface area (Å²) in [5, 5.41) is 20.0. The van der Waals surface area contributed by atoms with Gasteiger partial charge in [0.25, 0.3) is 0 Å². The van der Waals surface area contributed by atoms with Gasteiger partial charge in [-0.15, -0.1) is 0 Å². The third-order valence-electron chi connectivity index (χ3n) is 5.55. The average Bonchev–Trinajstić information content (AvgIpc) is 3.06. The third-order valence-corrected chi connectivity index (χ3v) is 5.55. The lowest BCUT2D eigenvalue weighted by Crippen LogP contribution is -1.98. The Bertz CT molecular complexity index is 1230. The molecule has 0 saturated carbocycles. The van der Waals surface area contributed by atoms with Gasteiger partial charge in [-0.05, 0) is 54.3 Å². The van der Waals surface area contributed by atoms with E-state index < -0.39 is 17.2 Å². The van der Waals surface area contributed by atoms with Crippen molar-refractivity contribution in [2.45, 2.75) is 32.2 Å². The second-order valence-electron chi connectivity index (χ2n) is 7.47. The standard InChI is InChI=1S/C25H22F2N2O/c26-22-14-18(15-23(27)21(22)16-28)17-9-10-25-20(13-17)19-7-3-4-8-24(19)29(25)11-5-1-2-6-12-30/h3-4,7-10,13-15,30H,1-2,5-6,11-12H2. The lowest BCUT2D eigenvalue weighted by molar-refractivity contribution is 0.282. The van der Waals surface area contributed by atoms with E-state index in [-0.39, 0.29) is 6.61 Å². The van der Waals surface area contributed by atoms with Crippen molar-refractivity contribution in [1.29, 1.82) is 5.26 Å². The molecule has 3 aromatic carbocycles. The quantitative estimate of drug-likeness (QED) is 0.375. The van der Waals surface area contributed by atoms with Gasteiger partial charge in [0.1, 0.15) is 23.3 Å². The number of aliphatic hydroxyl groups is 1. The van der Waals surface area contributed by atoms with Crippen LogP contribution in [0.15, 0.2) is 54.6 Å². The number of nitrogens with zero attached hydrogens (tertiary/aromatic N) is 2. The SMILES string of the molecule is N#Cc1c(F)cc(-c2ccc3c(c2)c2ccccc2n3CCCCCCO)cc1F. The number of para-hydroxylation sites is 1. The largest absolute Gasteiger partial charge is 0.396 e. The van der Waals surface area contributed by atoms with Crippen LogP contribution < -0.4 is 0 Å². The smallest absolute Gasteiger partial charge is 0.144 e. The van der Waals surface area contributed by atoms with Crippen LogP contribution in [0.1, 0.15) is 31.2 Å². The van der Waals surface area contributed by atoms with Gasteiger partial charge in [0.15, 0.2) is 0 Å². The normalized spacial score (nSPS) is 11.3. The van der Waals surface area contributed by atoms with Gasteiger partial charge in [-0.2, -0.15) is 5.26 Å². The summed E-state index contributed by atoms with van der Waals surface area (Å²) in [5.41, 5.74) is 2.76. The first-order valence-electron chi connectivity index (χ1n) is 10.2. The third kappa shape index (κ3) is 3.67. The van der Waals surface area contributed by atoms with Crippen LogP contribution in [-0.2, 0) is 6.54 Å². The molecule has 0 amide bonds. The van der Waals surface area contributed by atoms with Crippen molar-refractivity contribution in [1.82, 2.24) is 4.57 Å². The van der Waals surface area contributed by atoms with Gasteiger partial charge < -0.3 is 9.67 Å². The molecule has 1 aromatic heterocycles. The second kappa shape index (κ2) is 8.64. The number of halogens is 2. The van der Waals surface area contributed by atoms with Crippen LogP contribution in [0.5, 0.6) is 0 Å². The van der Waals surface area contributed by atoms with Crippen LogP contribution in [-0.4, -0.2) is 16.3 Å². The maximum absolute atomic E-state index is 14.1. The van der Waals surface area contributed by atoms with Crippen LogP contribution in [0.4, 0.5) is 8.78 Å². The summed E-state index contributed by atoms with van der Waals surface area (Å²) in [7, 11) is 0. The van der Waals surface area contributed by atoms with Crippen molar-refractivity contribution < 1.29 is 13.9 Å². The Hall–Kier alpha value is -3.23. The summed E-state index contributed by atoms with van der Waals surface area (Å²) in [6.07, 6.45) is 3.90. The molecule has 1 heterocycles. The number of rotatable bonds is 7. The van der Waals surface area contributed by atoms with E-state index in [1.165, 1.54) is 12.1 Å². The number of aromatic nitrogens is 1. The predicted molar refractivity (Wildman–Crippen MR) is 115 cm³/mol. The molecule has 1 N–H and O–H groups in total. The molecule has 0 fully saturated rings. The predicted octanol–water partition coefficient (Wildman–Crippen LogP) is 6.16. The van der Waals surface area contributed by atoms with Crippen molar-refractivity contribution in [3.63, 3.8) is 0 Å². The summed E-state index contributed by atoms with van der Waals surface area (Å²) >= 11 is 0. The highest BCUT2D eigenvalue weighted by Gasteiger charge is 2.14. The number of fused-ring (bicyclic) bond motifs is 3. The molecule has 0 unspecified atom stereocenters. The fraction of sp³-hybridized carbons (Fsp3) is 0.240. The first-order valence-corrected chi connectivity index (χ1v) is 10.2. The van der Waals surface area contributed by atoms with Gasteiger partial charge in [0.05, 0.1) is 0 Å². The number of aliphatic hydroxyl groups excluding tert-OH is 1. The van der Waals surface area contributed by atoms with Gasteiger partial charge in [0.2, 0.25) is 0 Å². The molecule has 30 heavy (non-hydrogen) atoms. The summed E-state index contributed by atoms with van der Waals surface area (Å²) in [6, 6.07) is 17.9. The molecule has 4 aromatic rings. The zero-order valence-corrected chi connectivity index (χ0v) is 16.5. The minimum Gasteiger partial charge on any atom is -0.396 e. The molecular weight excluding hydrogens is 382 g/mol. The highest BCUT2D eigenvalue weighted by molar-refractivity contribution is 6.09. The fourth-order valence-corrected chi connectivity index (χ4v) is 4.06. The van der Waals surface area contributed by atoms with Crippen LogP contribution in [0.3, 0.4) is 0 Å². The van der Waals surface area contributed by atoms with Crippen molar-refractivity contribution in [2.75, 3.05) is 6.61 Å². The fourth-order valence-electron chi connectivity index (χ4n) is 4.06. The van der Waals surface area contributed by atoms with Gasteiger partial charge >= 0.3 is 0 Å². The molecule has 0 saturated heterocycles. The lowest BCUT2D eigenvalue weighted by atomic mass is 10.0. The molecule has 0 aliphatic carbocycles. The number of benzene rings is 3. The molecule has 0 radical (unpaired) electrons. The average molecular weight is 404 g/mol. The van der Waals surface area contributed by atoms with Crippen LogP contribution in [0.2, 0.25) is 0 Å². The molecule has 0 aliphatic heterocycles.